The van der Waals surface area contributed by atoms with Crippen LogP contribution in [0.2, 0.25) is 5.02 Å². The van der Waals surface area contributed by atoms with Crippen LogP contribution < -0.4 is 9.47 Å². The summed E-state index contributed by atoms with van der Waals surface area (Å²) in [6.45, 7) is 3.88. The molecule has 5 nitrogen and oxygen atoms in total. The van der Waals surface area contributed by atoms with Gasteiger partial charge in [0.15, 0.2) is 11.5 Å². The zero-order valence-corrected chi connectivity index (χ0v) is 18.9. The van der Waals surface area contributed by atoms with E-state index in [9.17, 15) is 14.0 Å². The predicted octanol–water partition coefficient (Wildman–Crippen LogP) is 6.05. The first-order valence-corrected chi connectivity index (χ1v) is 10.6. The molecule has 0 unspecified atom stereocenters. The summed E-state index contributed by atoms with van der Waals surface area (Å²) in [6, 6.07) is 7.29. The molecule has 1 aliphatic heterocycles. The molecule has 0 N–H and O–H groups in total. The Morgan fingerprint density at radius 2 is 2.07 bits per heavy atom. The number of halogens is 3. The van der Waals surface area contributed by atoms with Crippen molar-refractivity contribution in [2.24, 2.45) is 0 Å². The molecular weight excluding hydrogens is 497 g/mol. The highest BCUT2D eigenvalue weighted by Gasteiger charge is 2.35. The van der Waals surface area contributed by atoms with Crippen molar-refractivity contribution in [3.05, 3.63) is 74.3 Å². The molecule has 0 saturated carbocycles. The van der Waals surface area contributed by atoms with Gasteiger partial charge in [0.25, 0.3) is 11.1 Å². The van der Waals surface area contributed by atoms with Crippen molar-refractivity contribution < 1.29 is 23.5 Å². The van der Waals surface area contributed by atoms with Gasteiger partial charge in [0.05, 0.1) is 23.0 Å². The molecule has 2 aromatic rings. The lowest BCUT2D eigenvalue weighted by molar-refractivity contribution is -0.123. The van der Waals surface area contributed by atoms with E-state index in [2.05, 4.69) is 22.5 Å². The average molecular weight is 513 g/mol. The fourth-order valence-corrected chi connectivity index (χ4v) is 4.35. The first-order chi connectivity index (χ1) is 14.3. The largest absolute Gasteiger partial charge is 0.493 e. The summed E-state index contributed by atoms with van der Waals surface area (Å²) in [5.41, 5.74) is 1.13. The van der Waals surface area contributed by atoms with E-state index in [0.717, 1.165) is 22.7 Å². The van der Waals surface area contributed by atoms with Gasteiger partial charge >= 0.3 is 0 Å². The second-order valence-electron chi connectivity index (χ2n) is 6.14. The molecule has 2 amide bonds. The number of thioether (sulfide) groups is 1. The molecule has 1 heterocycles. The van der Waals surface area contributed by atoms with Crippen molar-refractivity contribution in [2.75, 3.05) is 13.7 Å². The number of ether oxygens (including phenoxy) is 2. The molecular formula is C21H16BrClFNO4S. The van der Waals surface area contributed by atoms with Crippen LogP contribution >= 0.6 is 39.3 Å². The Balaban J connectivity index is 1.86. The van der Waals surface area contributed by atoms with Gasteiger partial charge < -0.3 is 9.47 Å². The van der Waals surface area contributed by atoms with E-state index < -0.39 is 17.0 Å². The summed E-state index contributed by atoms with van der Waals surface area (Å²) in [7, 11) is 1.51. The van der Waals surface area contributed by atoms with Gasteiger partial charge in [0.1, 0.15) is 12.4 Å². The first kappa shape index (κ1) is 22.4. The topological polar surface area (TPSA) is 55.8 Å². The van der Waals surface area contributed by atoms with Crippen LogP contribution in [0.1, 0.15) is 11.1 Å². The molecule has 30 heavy (non-hydrogen) atoms. The molecule has 3 rings (SSSR count). The second-order valence-corrected chi connectivity index (χ2v) is 8.39. The van der Waals surface area contributed by atoms with E-state index in [-0.39, 0.29) is 16.5 Å². The molecule has 1 fully saturated rings. The van der Waals surface area contributed by atoms with Crippen molar-refractivity contribution >= 4 is 56.5 Å². The maximum Gasteiger partial charge on any atom is 0.293 e. The number of hydrogen-bond donors (Lipinski definition) is 0. The number of rotatable bonds is 7. The van der Waals surface area contributed by atoms with Gasteiger partial charge in [-0.3, -0.25) is 14.5 Å². The van der Waals surface area contributed by atoms with E-state index in [1.165, 1.54) is 19.2 Å². The molecule has 1 saturated heterocycles. The second kappa shape index (κ2) is 9.68. The van der Waals surface area contributed by atoms with E-state index >= 15 is 0 Å². The first-order valence-electron chi connectivity index (χ1n) is 8.64. The number of amides is 2. The summed E-state index contributed by atoms with van der Waals surface area (Å²) in [6.07, 6.45) is 3.21. The zero-order chi connectivity index (χ0) is 21.8. The Bertz CT molecular complexity index is 1060. The van der Waals surface area contributed by atoms with Crippen LogP contribution in [-0.2, 0) is 11.3 Å². The van der Waals surface area contributed by atoms with Crippen molar-refractivity contribution in [3.8, 4) is 11.5 Å². The Morgan fingerprint density at radius 1 is 1.30 bits per heavy atom. The van der Waals surface area contributed by atoms with Crippen molar-refractivity contribution in [2.45, 2.75) is 6.54 Å². The van der Waals surface area contributed by atoms with Crippen LogP contribution in [0.25, 0.3) is 6.08 Å². The molecule has 0 bridgehead atoms. The lowest BCUT2D eigenvalue weighted by Crippen LogP contribution is -2.27. The highest BCUT2D eigenvalue weighted by atomic mass is 79.9. The molecule has 0 aromatic heterocycles. The summed E-state index contributed by atoms with van der Waals surface area (Å²) < 4.78 is 24.8. The maximum atomic E-state index is 13.2. The minimum atomic E-state index is -0.488. The van der Waals surface area contributed by atoms with Crippen molar-refractivity contribution in [3.63, 3.8) is 0 Å². The quantitative estimate of drug-likeness (QED) is 0.334. The number of hydrogen-bond acceptors (Lipinski definition) is 5. The normalized spacial score (nSPS) is 15.1. The SMILES string of the molecule is C=CCOc1c(Br)cc(/C=C2\SC(=O)N(Cc3ccc(F)cc3Cl)C2=O)cc1OC. The van der Waals surface area contributed by atoms with Crippen LogP contribution in [0.5, 0.6) is 11.5 Å². The summed E-state index contributed by atoms with van der Waals surface area (Å²) in [4.78, 5) is 26.5. The number of imide groups is 1. The molecule has 156 valence electrons. The van der Waals surface area contributed by atoms with Crippen LogP contribution in [0.3, 0.4) is 0 Å². The van der Waals surface area contributed by atoms with Gasteiger partial charge in [-0.1, -0.05) is 30.3 Å². The Labute approximate surface area is 190 Å². The van der Waals surface area contributed by atoms with E-state index in [4.69, 9.17) is 21.1 Å². The molecule has 0 radical (unpaired) electrons. The van der Waals surface area contributed by atoms with Crippen LogP contribution in [0, 0.1) is 5.82 Å². The zero-order valence-electron chi connectivity index (χ0n) is 15.8. The van der Waals surface area contributed by atoms with Gasteiger partial charge in [-0.15, -0.1) is 0 Å². The molecule has 2 aromatic carbocycles. The van der Waals surface area contributed by atoms with Crippen LogP contribution in [0.15, 0.2) is 52.4 Å². The van der Waals surface area contributed by atoms with Crippen LogP contribution in [0.4, 0.5) is 9.18 Å². The number of methoxy groups -OCH3 is 1. The highest BCUT2D eigenvalue weighted by molar-refractivity contribution is 9.10. The van der Waals surface area contributed by atoms with Crippen LogP contribution in [-0.4, -0.2) is 29.8 Å². The average Bonchev–Trinajstić information content (AvgIpc) is 2.96. The monoisotopic (exact) mass is 511 g/mol. The molecule has 0 atom stereocenters. The number of carbonyl (C=O) groups excluding carboxylic acids is 2. The van der Waals surface area contributed by atoms with E-state index in [1.54, 1.807) is 24.3 Å². The van der Waals surface area contributed by atoms with E-state index in [0.29, 0.717) is 33.7 Å². The highest BCUT2D eigenvalue weighted by Crippen LogP contribution is 2.39. The standard InChI is InChI=1S/C21H16BrClFNO4S/c1-3-6-29-19-15(22)7-12(8-17(19)28-2)9-18-20(26)25(21(27)30-18)11-13-4-5-14(24)10-16(13)23/h3-5,7-10H,1,6,11H2,2H3/b18-9-. The van der Waals surface area contributed by atoms with E-state index in [1.807, 2.05) is 0 Å². The van der Waals surface area contributed by atoms with Gasteiger partial charge in [-0.2, -0.15) is 0 Å². The smallest absolute Gasteiger partial charge is 0.293 e. The predicted molar refractivity (Wildman–Crippen MR) is 119 cm³/mol. The van der Waals surface area contributed by atoms with Crippen molar-refractivity contribution in [1.29, 1.82) is 0 Å². The molecule has 1 aliphatic rings. The summed E-state index contributed by atoms with van der Waals surface area (Å²) >= 11 is 10.3. The number of carbonyl (C=O) groups is 2. The lowest BCUT2D eigenvalue weighted by Gasteiger charge is -2.14. The van der Waals surface area contributed by atoms with Gasteiger partial charge in [0, 0.05) is 5.02 Å². The van der Waals surface area contributed by atoms with Gasteiger partial charge in [-0.05, 0) is 69.2 Å². The van der Waals surface area contributed by atoms with Crippen molar-refractivity contribution in [1.82, 2.24) is 4.90 Å². The van der Waals surface area contributed by atoms with Gasteiger partial charge in [-0.25, -0.2) is 4.39 Å². The maximum absolute atomic E-state index is 13.2. The third-order valence-electron chi connectivity index (χ3n) is 4.11. The Morgan fingerprint density at radius 3 is 2.73 bits per heavy atom. The number of benzene rings is 2. The summed E-state index contributed by atoms with van der Waals surface area (Å²) in [5.74, 6) is 0.0358. The lowest BCUT2D eigenvalue weighted by atomic mass is 10.1. The Kier molecular flexibility index (Phi) is 7.23. The molecule has 0 spiro atoms. The molecule has 0 aliphatic carbocycles. The minimum absolute atomic E-state index is 0.0392. The fraction of sp³-hybridized carbons (Fsp3) is 0.143. The summed E-state index contributed by atoms with van der Waals surface area (Å²) in [5, 5.41) is -0.273. The minimum Gasteiger partial charge on any atom is -0.493 e. The number of nitrogens with zero attached hydrogens (tertiary/aromatic N) is 1. The third-order valence-corrected chi connectivity index (χ3v) is 5.96. The third kappa shape index (κ3) is 4.88. The Hall–Kier alpha value is -2.29. The molecule has 9 heteroatoms. The fourth-order valence-electron chi connectivity index (χ4n) is 2.71. The van der Waals surface area contributed by atoms with Gasteiger partial charge in [0.2, 0.25) is 0 Å².